The lowest BCUT2D eigenvalue weighted by Gasteiger charge is -2.15. The smallest absolute Gasteiger partial charge is 0.175 e. The van der Waals surface area contributed by atoms with E-state index >= 15 is 0 Å². The molecule has 0 fully saturated rings. The quantitative estimate of drug-likeness (QED) is 0.635. The number of nitrogens with one attached hydrogen (secondary N) is 1. The van der Waals surface area contributed by atoms with Crippen molar-refractivity contribution in [2.45, 2.75) is 26.5 Å². The Morgan fingerprint density at radius 1 is 1.17 bits per heavy atom. The van der Waals surface area contributed by atoms with Crippen LogP contribution >= 0.6 is 15.9 Å². The minimum atomic E-state index is 0.200. The van der Waals surface area contributed by atoms with Crippen molar-refractivity contribution in [3.8, 4) is 11.5 Å². The van der Waals surface area contributed by atoms with Crippen LogP contribution in [-0.2, 0) is 13.2 Å². The van der Waals surface area contributed by atoms with Gasteiger partial charge in [-0.25, -0.2) is 0 Å². The van der Waals surface area contributed by atoms with Crippen LogP contribution in [0.2, 0.25) is 0 Å². The molecule has 0 atom stereocenters. The van der Waals surface area contributed by atoms with Crippen molar-refractivity contribution < 1.29 is 14.6 Å². The summed E-state index contributed by atoms with van der Waals surface area (Å²) in [5.74, 6) is 1.41. The number of rotatable bonds is 9. The molecule has 0 saturated heterocycles. The monoisotopic (exact) mass is 393 g/mol. The Morgan fingerprint density at radius 2 is 2.00 bits per heavy atom. The summed E-state index contributed by atoms with van der Waals surface area (Å²) in [6.07, 6.45) is 0.746. The van der Waals surface area contributed by atoms with Crippen LogP contribution in [0.5, 0.6) is 11.5 Å². The van der Waals surface area contributed by atoms with Crippen LogP contribution in [0.1, 0.15) is 23.1 Å². The van der Waals surface area contributed by atoms with Crippen LogP contribution in [0.4, 0.5) is 0 Å². The van der Waals surface area contributed by atoms with Gasteiger partial charge in [-0.3, -0.25) is 0 Å². The van der Waals surface area contributed by atoms with Gasteiger partial charge < -0.3 is 19.9 Å². The first kappa shape index (κ1) is 18.8. The first-order chi connectivity index (χ1) is 11.6. The fourth-order valence-electron chi connectivity index (χ4n) is 2.41. The molecule has 0 aliphatic heterocycles. The fraction of sp³-hybridized carbons (Fsp3) is 0.368. The Balaban J connectivity index is 2.06. The zero-order valence-electron chi connectivity index (χ0n) is 14.1. The van der Waals surface area contributed by atoms with Crippen molar-refractivity contribution in [3.05, 3.63) is 57.6 Å². The van der Waals surface area contributed by atoms with Crippen molar-refractivity contribution in [1.29, 1.82) is 0 Å². The topological polar surface area (TPSA) is 50.7 Å². The average Bonchev–Trinajstić information content (AvgIpc) is 2.57. The molecule has 24 heavy (non-hydrogen) atoms. The molecule has 0 spiro atoms. The molecule has 2 aromatic rings. The van der Waals surface area contributed by atoms with E-state index in [4.69, 9.17) is 14.6 Å². The number of halogens is 1. The summed E-state index contributed by atoms with van der Waals surface area (Å²) in [5, 5.41) is 12.1. The summed E-state index contributed by atoms with van der Waals surface area (Å²) >= 11 is 3.58. The standard InChI is InChI=1S/C19H24BrNO3/c1-14-5-3-6-15(9-14)13-24-19-17(20)10-16(11-18(19)23-2)12-21-7-4-8-22/h3,5-6,9-11,21-22H,4,7-8,12-13H2,1-2H3. The van der Waals surface area contributed by atoms with E-state index in [-0.39, 0.29) is 6.61 Å². The molecule has 0 bridgehead atoms. The first-order valence-electron chi connectivity index (χ1n) is 8.00. The third-order valence-electron chi connectivity index (χ3n) is 3.60. The highest BCUT2D eigenvalue weighted by Crippen LogP contribution is 2.37. The van der Waals surface area contributed by atoms with Crippen LogP contribution in [0.15, 0.2) is 40.9 Å². The summed E-state index contributed by atoms with van der Waals surface area (Å²) in [5.41, 5.74) is 3.43. The third kappa shape index (κ3) is 5.51. The summed E-state index contributed by atoms with van der Waals surface area (Å²) in [6, 6.07) is 12.3. The minimum Gasteiger partial charge on any atom is -0.493 e. The second kappa shape index (κ2) is 9.67. The van der Waals surface area contributed by atoms with Gasteiger partial charge in [0.2, 0.25) is 0 Å². The molecule has 0 aliphatic carbocycles. The predicted octanol–water partition coefficient (Wildman–Crippen LogP) is 3.82. The van der Waals surface area contributed by atoms with Gasteiger partial charge in [-0.05, 0) is 59.1 Å². The molecule has 0 unspecified atom stereocenters. The van der Waals surface area contributed by atoms with Gasteiger partial charge in [-0.2, -0.15) is 0 Å². The van der Waals surface area contributed by atoms with Gasteiger partial charge in [0.25, 0.3) is 0 Å². The molecule has 0 heterocycles. The summed E-state index contributed by atoms with van der Waals surface area (Å²) in [4.78, 5) is 0. The molecule has 4 nitrogen and oxygen atoms in total. The van der Waals surface area contributed by atoms with Crippen molar-refractivity contribution in [3.63, 3.8) is 0 Å². The number of benzene rings is 2. The maximum atomic E-state index is 8.81. The SMILES string of the molecule is COc1cc(CNCCCO)cc(Br)c1OCc1cccc(C)c1. The van der Waals surface area contributed by atoms with Crippen LogP contribution < -0.4 is 14.8 Å². The van der Waals surface area contributed by atoms with E-state index in [2.05, 4.69) is 40.3 Å². The minimum absolute atomic E-state index is 0.200. The number of ether oxygens (including phenoxy) is 2. The van der Waals surface area contributed by atoms with Gasteiger partial charge in [0.05, 0.1) is 11.6 Å². The van der Waals surface area contributed by atoms with E-state index in [0.29, 0.717) is 24.7 Å². The molecule has 0 saturated carbocycles. The highest BCUT2D eigenvalue weighted by molar-refractivity contribution is 9.10. The van der Waals surface area contributed by atoms with Gasteiger partial charge in [0, 0.05) is 13.2 Å². The van der Waals surface area contributed by atoms with E-state index in [1.165, 1.54) is 5.56 Å². The molecule has 0 amide bonds. The van der Waals surface area contributed by atoms with Gasteiger partial charge >= 0.3 is 0 Å². The van der Waals surface area contributed by atoms with Crippen LogP contribution in [0.25, 0.3) is 0 Å². The van der Waals surface area contributed by atoms with E-state index in [0.717, 1.165) is 28.6 Å². The Hall–Kier alpha value is -1.56. The molecule has 5 heteroatoms. The molecule has 130 valence electrons. The number of hydrogen-bond donors (Lipinski definition) is 2. The molecule has 0 aliphatic rings. The zero-order valence-corrected chi connectivity index (χ0v) is 15.7. The Morgan fingerprint density at radius 3 is 2.71 bits per heavy atom. The molecule has 0 aromatic heterocycles. The summed E-state index contributed by atoms with van der Waals surface area (Å²) in [7, 11) is 1.64. The Labute approximate surface area is 151 Å². The second-order valence-electron chi connectivity index (χ2n) is 5.64. The number of methoxy groups -OCH3 is 1. The molecular formula is C19H24BrNO3. The highest BCUT2D eigenvalue weighted by Gasteiger charge is 2.12. The van der Waals surface area contributed by atoms with E-state index < -0.39 is 0 Å². The predicted molar refractivity (Wildman–Crippen MR) is 99.6 cm³/mol. The number of aliphatic hydroxyl groups excluding tert-OH is 1. The average molecular weight is 394 g/mol. The number of hydrogen-bond acceptors (Lipinski definition) is 4. The Kier molecular flexibility index (Phi) is 7.56. The van der Waals surface area contributed by atoms with Crippen LogP contribution in [-0.4, -0.2) is 25.4 Å². The van der Waals surface area contributed by atoms with E-state index in [9.17, 15) is 0 Å². The normalized spacial score (nSPS) is 10.7. The van der Waals surface area contributed by atoms with Gasteiger partial charge in [-0.15, -0.1) is 0 Å². The molecule has 2 rings (SSSR count). The lowest BCUT2D eigenvalue weighted by atomic mass is 10.1. The largest absolute Gasteiger partial charge is 0.493 e. The molecule has 2 N–H and O–H groups in total. The maximum Gasteiger partial charge on any atom is 0.175 e. The van der Waals surface area contributed by atoms with Crippen molar-refractivity contribution >= 4 is 15.9 Å². The van der Waals surface area contributed by atoms with Gasteiger partial charge in [-0.1, -0.05) is 29.8 Å². The van der Waals surface area contributed by atoms with E-state index in [1.807, 2.05) is 24.3 Å². The fourth-order valence-corrected chi connectivity index (χ4v) is 3.01. The molecular weight excluding hydrogens is 370 g/mol. The third-order valence-corrected chi connectivity index (χ3v) is 4.18. The maximum absolute atomic E-state index is 8.81. The summed E-state index contributed by atoms with van der Waals surface area (Å²) < 4.78 is 12.3. The van der Waals surface area contributed by atoms with Gasteiger partial charge in [0.15, 0.2) is 11.5 Å². The van der Waals surface area contributed by atoms with Crippen molar-refractivity contribution in [1.82, 2.24) is 5.32 Å². The summed E-state index contributed by atoms with van der Waals surface area (Å²) in [6.45, 7) is 4.25. The lowest BCUT2D eigenvalue weighted by Crippen LogP contribution is -2.15. The van der Waals surface area contributed by atoms with Crippen LogP contribution in [0, 0.1) is 6.92 Å². The lowest BCUT2D eigenvalue weighted by molar-refractivity contribution is 0.282. The number of aryl methyl sites for hydroxylation is 1. The molecule has 0 radical (unpaired) electrons. The second-order valence-corrected chi connectivity index (χ2v) is 6.50. The first-order valence-corrected chi connectivity index (χ1v) is 8.79. The van der Waals surface area contributed by atoms with Crippen molar-refractivity contribution in [2.75, 3.05) is 20.3 Å². The van der Waals surface area contributed by atoms with Crippen molar-refractivity contribution in [2.24, 2.45) is 0 Å². The van der Waals surface area contributed by atoms with Gasteiger partial charge in [0.1, 0.15) is 6.61 Å². The highest BCUT2D eigenvalue weighted by atomic mass is 79.9. The number of aliphatic hydroxyl groups is 1. The molecule has 2 aromatic carbocycles. The Bertz CT molecular complexity index is 661. The van der Waals surface area contributed by atoms with Crippen LogP contribution in [0.3, 0.4) is 0 Å². The zero-order chi connectivity index (χ0) is 17.4. The van der Waals surface area contributed by atoms with E-state index in [1.54, 1.807) is 7.11 Å².